The minimum atomic E-state index is -4.10. The van der Waals surface area contributed by atoms with Crippen LogP contribution in [0.1, 0.15) is 22.0 Å². The third-order valence-corrected chi connectivity index (χ3v) is 7.01. The van der Waals surface area contributed by atoms with Gasteiger partial charge in [-0.3, -0.25) is 4.31 Å². The van der Waals surface area contributed by atoms with E-state index in [-0.39, 0.29) is 28.5 Å². The number of esters is 1. The van der Waals surface area contributed by atoms with Crippen LogP contribution in [-0.2, 0) is 14.8 Å². The summed E-state index contributed by atoms with van der Waals surface area (Å²) in [5, 5.41) is 0.511. The van der Waals surface area contributed by atoms with Gasteiger partial charge < -0.3 is 9.47 Å². The van der Waals surface area contributed by atoms with Gasteiger partial charge in [0.2, 0.25) is 0 Å². The van der Waals surface area contributed by atoms with Gasteiger partial charge in [0.25, 0.3) is 10.0 Å². The normalized spacial score (nSPS) is 15.7. The van der Waals surface area contributed by atoms with E-state index in [1.807, 2.05) is 0 Å². The summed E-state index contributed by atoms with van der Waals surface area (Å²) in [6.45, 7) is -0.000314. The molecule has 0 fully saturated rings. The van der Waals surface area contributed by atoms with Crippen LogP contribution in [0.25, 0.3) is 0 Å². The molecule has 0 N–H and O–H groups in total. The zero-order valence-electron chi connectivity index (χ0n) is 16.3. The first-order valence-corrected chi connectivity index (χ1v) is 11.0. The van der Waals surface area contributed by atoms with Gasteiger partial charge in [-0.05, 0) is 60.2 Å². The lowest BCUT2D eigenvalue weighted by atomic mass is 10.0. The zero-order chi connectivity index (χ0) is 22.2. The summed E-state index contributed by atoms with van der Waals surface area (Å²) in [7, 11) is -2.85. The molecule has 3 aromatic carbocycles. The molecule has 4 rings (SSSR count). The molecule has 3 aromatic rings. The molecule has 0 saturated carbocycles. The van der Waals surface area contributed by atoms with Crippen molar-refractivity contribution >= 4 is 33.3 Å². The number of fused-ring (bicyclic) bond motifs is 1. The van der Waals surface area contributed by atoms with Crippen molar-refractivity contribution in [3.8, 4) is 5.75 Å². The van der Waals surface area contributed by atoms with E-state index in [4.69, 9.17) is 21.1 Å². The van der Waals surface area contributed by atoms with Crippen LogP contribution in [0.3, 0.4) is 0 Å². The van der Waals surface area contributed by atoms with Crippen molar-refractivity contribution in [2.75, 3.05) is 18.0 Å². The second-order valence-corrected chi connectivity index (χ2v) is 9.06. The third kappa shape index (κ3) is 3.96. The summed E-state index contributed by atoms with van der Waals surface area (Å²) in [6, 6.07) is 15.0. The lowest BCUT2D eigenvalue weighted by Gasteiger charge is -2.38. The zero-order valence-corrected chi connectivity index (χ0v) is 17.9. The van der Waals surface area contributed by atoms with Crippen molar-refractivity contribution in [2.45, 2.75) is 10.9 Å². The maximum atomic E-state index is 13.6. The molecule has 1 heterocycles. The Hall–Kier alpha value is -3.10. The minimum absolute atomic E-state index is 0.000314. The quantitative estimate of drug-likeness (QED) is 0.531. The molecule has 0 aliphatic carbocycles. The Morgan fingerprint density at radius 2 is 1.77 bits per heavy atom. The summed E-state index contributed by atoms with van der Waals surface area (Å²) in [4.78, 5) is 11.8. The van der Waals surface area contributed by atoms with E-state index in [1.165, 1.54) is 41.7 Å². The van der Waals surface area contributed by atoms with Gasteiger partial charge in [0.05, 0.1) is 23.3 Å². The molecule has 0 bridgehead atoms. The van der Waals surface area contributed by atoms with Crippen molar-refractivity contribution in [2.24, 2.45) is 0 Å². The highest BCUT2D eigenvalue weighted by atomic mass is 35.5. The Morgan fingerprint density at radius 3 is 2.42 bits per heavy atom. The van der Waals surface area contributed by atoms with Crippen LogP contribution < -0.4 is 9.04 Å². The Kier molecular flexibility index (Phi) is 5.60. The predicted molar refractivity (Wildman–Crippen MR) is 114 cm³/mol. The highest BCUT2D eigenvalue weighted by Gasteiger charge is 2.38. The number of ether oxygens (including phenoxy) is 2. The Morgan fingerprint density at radius 1 is 1.10 bits per heavy atom. The number of anilines is 1. The molecule has 1 aliphatic heterocycles. The topological polar surface area (TPSA) is 72.9 Å². The maximum Gasteiger partial charge on any atom is 0.337 e. The SMILES string of the molecule is COC(=O)c1ccc2c(c1)OC[C@H](c1ccc(Cl)cc1)N2S(=O)(=O)c1ccc(F)cc1. The van der Waals surface area contributed by atoms with Gasteiger partial charge in [0.1, 0.15) is 24.2 Å². The number of hydrogen-bond donors (Lipinski definition) is 0. The molecule has 160 valence electrons. The van der Waals surface area contributed by atoms with Crippen molar-refractivity contribution in [1.29, 1.82) is 0 Å². The van der Waals surface area contributed by atoms with Crippen molar-refractivity contribution < 1.29 is 27.1 Å². The lowest BCUT2D eigenvalue weighted by Crippen LogP contribution is -2.41. The first-order chi connectivity index (χ1) is 14.8. The highest BCUT2D eigenvalue weighted by Crippen LogP contribution is 2.43. The molecule has 31 heavy (non-hydrogen) atoms. The summed E-state index contributed by atoms with van der Waals surface area (Å²) in [5.41, 5.74) is 1.14. The lowest BCUT2D eigenvalue weighted by molar-refractivity contribution is 0.0600. The summed E-state index contributed by atoms with van der Waals surface area (Å²) in [6.07, 6.45) is 0. The average Bonchev–Trinajstić information content (AvgIpc) is 2.78. The Labute approximate surface area is 183 Å². The number of methoxy groups -OCH3 is 1. The van der Waals surface area contributed by atoms with Gasteiger partial charge >= 0.3 is 5.97 Å². The molecule has 0 amide bonds. The maximum absolute atomic E-state index is 13.6. The number of sulfonamides is 1. The molecule has 0 saturated heterocycles. The first kappa shape index (κ1) is 21.1. The fourth-order valence-electron chi connectivity index (χ4n) is 3.39. The number of benzene rings is 3. The number of rotatable bonds is 4. The van der Waals surface area contributed by atoms with E-state index >= 15 is 0 Å². The van der Waals surface area contributed by atoms with Gasteiger partial charge in [-0.1, -0.05) is 23.7 Å². The molecule has 1 atom stereocenters. The van der Waals surface area contributed by atoms with Crippen LogP contribution in [0.4, 0.5) is 10.1 Å². The number of carbonyl (C=O) groups excluding carboxylic acids is 1. The summed E-state index contributed by atoms with van der Waals surface area (Å²) in [5.74, 6) is -0.892. The van der Waals surface area contributed by atoms with E-state index in [9.17, 15) is 17.6 Å². The van der Waals surface area contributed by atoms with Gasteiger partial charge in [-0.15, -0.1) is 0 Å². The predicted octanol–water partition coefficient (Wildman–Crippen LogP) is 4.59. The van der Waals surface area contributed by atoms with Crippen LogP contribution in [0.2, 0.25) is 5.02 Å². The molecule has 1 aliphatic rings. The van der Waals surface area contributed by atoms with Gasteiger partial charge in [-0.25, -0.2) is 17.6 Å². The molecule has 0 aromatic heterocycles. The second kappa shape index (κ2) is 8.20. The first-order valence-electron chi connectivity index (χ1n) is 9.22. The van der Waals surface area contributed by atoms with Gasteiger partial charge in [0, 0.05) is 5.02 Å². The molecular weight excluding hydrogens is 445 g/mol. The van der Waals surface area contributed by atoms with Crippen LogP contribution in [-0.4, -0.2) is 28.1 Å². The number of hydrogen-bond acceptors (Lipinski definition) is 5. The average molecular weight is 462 g/mol. The fraction of sp³-hybridized carbons (Fsp3) is 0.136. The van der Waals surface area contributed by atoms with Crippen LogP contribution >= 0.6 is 11.6 Å². The van der Waals surface area contributed by atoms with Gasteiger partial charge in [-0.2, -0.15) is 0 Å². The molecule has 0 spiro atoms. The molecule has 0 radical (unpaired) electrons. The van der Waals surface area contributed by atoms with Crippen molar-refractivity contribution in [3.05, 3.63) is 88.7 Å². The van der Waals surface area contributed by atoms with Crippen molar-refractivity contribution in [3.63, 3.8) is 0 Å². The molecule has 6 nitrogen and oxygen atoms in total. The molecular formula is C22H17ClFNO5S. The summed E-state index contributed by atoms with van der Waals surface area (Å²) >= 11 is 5.99. The Bertz CT molecular complexity index is 1230. The Balaban J connectivity index is 1.87. The van der Waals surface area contributed by atoms with E-state index in [0.717, 1.165) is 12.1 Å². The van der Waals surface area contributed by atoms with Crippen LogP contribution in [0.15, 0.2) is 71.6 Å². The van der Waals surface area contributed by atoms with Crippen LogP contribution in [0.5, 0.6) is 5.75 Å². The highest BCUT2D eigenvalue weighted by molar-refractivity contribution is 7.92. The minimum Gasteiger partial charge on any atom is -0.489 e. The van der Waals surface area contributed by atoms with E-state index < -0.39 is 27.9 Å². The van der Waals surface area contributed by atoms with Gasteiger partial charge in [0.15, 0.2) is 0 Å². The third-order valence-electron chi connectivity index (χ3n) is 4.92. The smallest absolute Gasteiger partial charge is 0.337 e. The molecule has 9 heteroatoms. The summed E-state index contributed by atoms with van der Waals surface area (Å²) < 4.78 is 52.4. The monoisotopic (exact) mass is 461 g/mol. The van der Waals surface area contributed by atoms with Crippen molar-refractivity contribution in [1.82, 2.24) is 0 Å². The van der Waals surface area contributed by atoms with Crippen LogP contribution in [0, 0.1) is 5.82 Å². The fourth-order valence-corrected chi connectivity index (χ4v) is 5.16. The number of carbonyl (C=O) groups is 1. The number of nitrogens with zero attached hydrogens (tertiary/aromatic N) is 1. The second-order valence-electron chi connectivity index (χ2n) is 6.81. The van der Waals surface area contributed by atoms with E-state index in [2.05, 4.69) is 0 Å². The van der Waals surface area contributed by atoms with E-state index in [0.29, 0.717) is 10.6 Å². The number of halogens is 2. The van der Waals surface area contributed by atoms with E-state index in [1.54, 1.807) is 24.3 Å². The molecule has 0 unspecified atom stereocenters. The largest absolute Gasteiger partial charge is 0.489 e. The standard InChI is InChI=1S/C22H17ClFNO5S/c1-29-22(26)15-4-11-19-21(12-15)30-13-20(14-2-5-16(23)6-3-14)25(19)31(27,28)18-9-7-17(24)8-10-18/h2-12,20H,13H2,1H3/t20-/m1/s1.